The summed E-state index contributed by atoms with van der Waals surface area (Å²) >= 11 is 1.35. The first-order chi connectivity index (χ1) is 11.5. The summed E-state index contributed by atoms with van der Waals surface area (Å²) in [6, 6.07) is 7.83. The van der Waals surface area contributed by atoms with Crippen molar-refractivity contribution in [2.45, 2.75) is 24.4 Å². The predicted molar refractivity (Wildman–Crippen MR) is 83.0 cm³/mol. The Morgan fingerprint density at radius 1 is 1.29 bits per heavy atom. The lowest BCUT2D eigenvalue weighted by Crippen LogP contribution is -2.11. The molecule has 0 spiro atoms. The van der Waals surface area contributed by atoms with Crippen molar-refractivity contribution in [2.75, 3.05) is 5.84 Å². The van der Waals surface area contributed by atoms with Crippen LogP contribution in [0.1, 0.15) is 11.5 Å². The van der Waals surface area contributed by atoms with Crippen LogP contribution < -0.4 is 10.6 Å². The summed E-state index contributed by atoms with van der Waals surface area (Å²) in [5.74, 6) is 7.69. The van der Waals surface area contributed by atoms with Crippen LogP contribution in [0.5, 0.6) is 5.75 Å². The lowest BCUT2D eigenvalue weighted by molar-refractivity contribution is -0.0498. The van der Waals surface area contributed by atoms with Crippen LogP contribution in [0.3, 0.4) is 0 Å². The Kier molecular flexibility index (Phi) is 4.65. The van der Waals surface area contributed by atoms with E-state index in [4.69, 9.17) is 10.4 Å². The minimum Gasteiger partial charge on any atom is -0.435 e. The van der Waals surface area contributed by atoms with Gasteiger partial charge in [0.25, 0.3) is 0 Å². The van der Waals surface area contributed by atoms with E-state index in [1.54, 1.807) is 12.1 Å². The number of halogens is 2. The Labute approximate surface area is 139 Å². The third-order valence-electron chi connectivity index (χ3n) is 3.02. The maximum atomic E-state index is 12.2. The molecule has 0 saturated carbocycles. The second-order valence-electron chi connectivity index (χ2n) is 4.80. The van der Waals surface area contributed by atoms with Crippen LogP contribution in [0.4, 0.5) is 8.78 Å². The topological polar surface area (TPSA) is 92.0 Å². The van der Waals surface area contributed by atoms with Gasteiger partial charge in [-0.2, -0.15) is 8.78 Å². The van der Waals surface area contributed by atoms with Gasteiger partial charge in [-0.05, 0) is 31.2 Å². The summed E-state index contributed by atoms with van der Waals surface area (Å²) < 4.78 is 35.1. The van der Waals surface area contributed by atoms with Crippen LogP contribution in [0, 0.1) is 6.92 Å². The number of benzene rings is 1. The first-order valence-electron chi connectivity index (χ1n) is 6.83. The Balaban J connectivity index is 1.72. The molecule has 126 valence electrons. The van der Waals surface area contributed by atoms with Crippen molar-refractivity contribution < 1.29 is 18.0 Å². The van der Waals surface area contributed by atoms with E-state index in [9.17, 15) is 8.78 Å². The van der Waals surface area contributed by atoms with Gasteiger partial charge >= 0.3 is 6.61 Å². The van der Waals surface area contributed by atoms with Crippen LogP contribution in [0.25, 0.3) is 11.4 Å². The smallest absolute Gasteiger partial charge is 0.387 e. The van der Waals surface area contributed by atoms with Gasteiger partial charge < -0.3 is 15.1 Å². The lowest BCUT2D eigenvalue weighted by Gasteiger charge is -2.06. The van der Waals surface area contributed by atoms with Crippen molar-refractivity contribution in [3.63, 3.8) is 0 Å². The van der Waals surface area contributed by atoms with E-state index in [1.807, 2.05) is 13.0 Å². The summed E-state index contributed by atoms with van der Waals surface area (Å²) in [6.07, 6.45) is 0. The molecule has 1 aromatic carbocycles. The SMILES string of the molecule is Cc1cc(CSc2nnc(-c3ccc(OC(F)F)cc3)n2N)on1. The summed E-state index contributed by atoms with van der Waals surface area (Å²) in [4.78, 5) is 0. The molecule has 0 aliphatic heterocycles. The molecule has 2 aromatic heterocycles. The molecular formula is C14H13F2N5O2S. The number of nitrogen functional groups attached to an aromatic ring is 1. The Morgan fingerprint density at radius 2 is 2.04 bits per heavy atom. The highest BCUT2D eigenvalue weighted by molar-refractivity contribution is 7.98. The highest BCUT2D eigenvalue weighted by Crippen LogP contribution is 2.26. The molecule has 0 aliphatic rings. The number of nitrogens with two attached hydrogens (primary N) is 1. The van der Waals surface area contributed by atoms with Crippen molar-refractivity contribution in [1.82, 2.24) is 20.0 Å². The number of hydrogen-bond donors (Lipinski definition) is 1. The number of aryl methyl sites for hydroxylation is 1. The number of alkyl halides is 2. The fourth-order valence-corrected chi connectivity index (χ4v) is 2.71. The zero-order chi connectivity index (χ0) is 17.1. The highest BCUT2D eigenvalue weighted by Gasteiger charge is 2.14. The van der Waals surface area contributed by atoms with E-state index in [2.05, 4.69) is 20.1 Å². The monoisotopic (exact) mass is 353 g/mol. The molecule has 0 fully saturated rings. The number of hydrogen-bond acceptors (Lipinski definition) is 7. The van der Waals surface area contributed by atoms with E-state index >= 15 is 0 Å². The summed E-state index contributed by atoms with van der Waals surface area (Å²) in [7, 11) is 0. The van der Waals surface area contributed by atoms with Crippen LogP contribution in [-0.4, -0.2) is 26.6 Å². The Bertz CT molecular complexity index is 819. The summed E-state index contributed by atoms with van der Waals surface area (Å²) in [6.45, 7) is -1.03. The van der Waals surface area contributed by atoms with Crippen molar-refractivity contribution in [1.29, 1.82) is 0 Å². The molecule has 3 aromatic rings. The van der Waals surface area contributed by atoms with Crippen molar-refractivity contribution in [3.05, 3.63) is 41.8 Å². The number of thioether (sulfide) groups is 1. The summed E-state index contributed by atoms with van der Waals surface area (Å²) in [5, 5.41) is 12.3. The van der Waals surface area contributed by atoms with Gasteiger partial charge in [-0.15, -0.1) is 10.2 Å². The van der Waals surface area contributed by atoms with E-state index < -0.39 is 6.61 Å². The molecule has 3 rings (SSSR count). The van der Waals surface area contributed by atoms with Crippen LogP contribution in [0.2, 0.25) is 0 Å². The first-order valence-corrected chi connectivity index (χ1v) is 7.82. The summed E-state index contributed by atoms with van der Waals surface area (Å²) in [5.41, 5.74) is 1.43. The second-order valence-corrected chi connectivity index (χ2v) is 5.74. The standard InChI is InChI=1S/C14H13F2N5O2S/c1-8-6-11(23-20-8)7-24-14-19-18-12(21(14)17)9-2-4-10(5-3-9)22-13(15)16/h2-6,13H,7,17H2,1H3. The molecule has 2 N–H and O–H groups in total. The average Bonchev–Trinajstić information content (AvgIpc) is 3.12. The van der Waals surface area contributed by atoms with Crippen molar-refractivity contribution in [3.8, 4) is 17.1 Å². The minimum absolute atomic E-state index is 0.0622. The molecule has 0 unspecified atom stereocenters. The molecule has 0 saturated heterocycles. The van der Waals surface area contributed by atoms with Crippen LogP contribution >= 0.6 is 11.8 Å². The quantitative estimate of drug-likeness (QED) is 0.538. The van der Waals surface area contributed by atoms with Gasteiger partial charge in [0.2, 0.25) is 5.16 Å². The molecule has 0 radical (unpaired) electrons. The lowest BCUT2D eigenvalue weighted by atomic mass is 10.2. The number of aromatic nitrogens is 4. The van der Waals surface area contributed by atoms with Crippen LogP contribution in [0.15, 0.2) is 40.0 Å². The molecule has 0 bridgehead atoms. The van der Waals surface area contributed by atoms with Gasteiger partial charge in [0.15, 0.2) is 5.82 Å². The van der Waals surface area contributed by atoms with Crippen LogP contribution in [-0.2, 0) is 5.75 Å². The van der Waals surface area contributed by atoms with Gasteiger partial charge in [0.1, 0.15) is 11.5 Å². The minimum atomic E-state index is -2.86. The average molecular weight is 353 g/mol. The van der Waals surface area contributed by atoms with E-state index in [1.165, 1.54) is 28.6 Å². The van der Waals surface area contributed by atoms with Crippen molar-refractivity contribution in [2.24, 2.45) is 0 Å². The zero-order valence-electron chi connectivity index (χ0n) is 12.5. The third kappa shape index (κ3) is 3.65. The van der Waals surface area contributed by atoms with Gasteiger partial charge in [0.05, 0.1) is 11.4 Å². The molecule has 7 nitrogen and oxygen atoms in total. The molecule has 10 heteroatoms. The van der Waals surface area contributed by atoms with E-state index in [0.29, 0.717) is 28.1 Å². The second kappa shape index (κ2) is 6.87. The molecule has 24 heavy (non-hydrogen) atoms. The van der Waals surface area contributed by atoms with Crippen molar-refractivity contribution >= 4 is 11.8 Å². The molecule has 2 heterocycles. The highest BCUT2D eigenvalue weighted by atomic mass is 32.2. The van der Waals surface area contributed by atoms with Gasteiger partial charge in [-0.25, -0.2) is 4.68 Å². The maximum absolute atomic E-state index is 12.2. The third-order valence-corrected chi connectivity index (χ3v) is 3.99. The van der Waals surface area contributed by atoms with E-state index in [0.717, 1.165) is 5.69 Å². The van der Waals surface area contributed by atoms with E-state index in [-0.39, 0.29) is 5.75 Å². The molecular weight excluding hydrogens is 340 g/mol. The largest absolute Gasteiger partial charge is 0.435 e. The van der Waals surface area contributed by atoms with Gasteiger partial charge in [0, 0.05) is 11.6 Å². The molecule has 0 amide bonds. The Morgan fingerprint density at radius 3 is 2.67 bits per heavy atom. The molecule has 0 aliphatic carbocycles. The Hall–Kier alpha value is -2.62. The van der Waals surface area contributed by atoms with Gasteiger partial charge in [-0.1, -0.05) is 16.9 Å². The normalized spacial score (nSPS) is 11.2. The molecule has 0 atom stereocenters. The zero-order valence-corrected chi connectivity index (χ0v) is 13.3. The number of nitrogens with zero attached hydrogens (tertiary/aromatic N) is 4. The van der Waals surface area contributed by atoms with Gasteiger partial charge in [-0.3, -0.25) is 0 Å². The number of ether oxygens (including phenoxy) is 1. The fourth-order valence-electron chi connectivity index (χ4n) is 1.98. The maximum Gasteiger partial charge on any atom is 0.387 e. The fraction of sp³-hybridized carbons (Fsp3) is 0.214. The predicted octanol–water partition coefficient (Wildman–Crippen LogP) is 2.85. The first kappa shape index (κ1) is 16.2. The number of rotatable bonds is 6.